The zero-order valence-corrected chi connectivity index (χ0v) is 11.9. The van der Waals surface area contributed by atoms with Gasteiger partial charge in [-0.2, -0.15) is 0 Å². The Hall–Kier alpha value is -2.37. The number of aromatic nitrogens is 1. The molecule has 2 aromatic carbocycles. The molecule has 1 heterocycles. The SMILES string of the molecule is Nc1ccc(-n2[se]c3cc([N+](=O)[O-])ccc3c2=O)cc1. The Morgan fingerprint density at radius 1 is 1.15 bits per heavy atom. The number of non-ortho nitro benzene ring substituents is 1. The van der Waals surface area contributed by atoms with Crippen LogP contribution in [0.5, 0.6) is 0 Å². The van der Waals surface area contributed by atoms with Crippen molar-refractivity contribution in [2.24, 2.45) is 0 Å². The van der Waals surface area contributed by atoms with Gasteiger partial charge in [-0.15, -0.1) is 0 Å². The van der Waals surface area contributed by atoms with Gasteiger partial charge in [0.05, 0.1) is 0 Å². The van der Waals surface area contributed by atoms with Crippen molar-refractivity contribution < 1.29 is 4.92 Å². The van der Waals surface area contributed by atoms with Gasteiger partial charge in [0.15, 0.2) is 0 Å². The molecule has 0 bridgehead atoms. The van der Waals surface area contributed by atoms with E-state index in [2.05, 4.69) is 0 Å². The molecule has 0 amide bonds. The van der Waals surface area contributed by atoms with Gasteiger partial charge in [0.1, 0.15) is 0 Å². The average Bonchev–Trinajstić information content (AvgIpc) is 2.76. The number of anilines is 1. The average molecular weight is 334 g/mol. The number of nitrogen functional groups attached to an aromatic ring is 1. The van der Waals surface area contributed by atoms with Crippen LogP contribution in [0.1, 0.15) is 0 Å². The number of nitrogens with two attached hydrogens (primary N) is 1. The molecule has 0 saturated heterocycles. The van der Waals surface area contributed by atoms with Crippen molar-refractivity contribution in [2.75, 3.05) is 5.73 Å². The van der Waals surface area contributed by atoms with E-state index in [9.17, 15) is 14.9 Å². The molecule has 6 nitrogen and oxygen atoms in total. The van der Waals surface area contributed by atoms with Crippen molar-refractivity contribution in [3.05, 3.63) is 62.9 Å². The van der Waals surface area contributed by atoms with E-state index in [0.29, 0.717) is 11.1 Å². The summed E-state index contributed by atoms with van der Waals surface area (Å²) in [5.41, 5.74) is 6.89. The molecule has 2 N–H and O–H groups in total. The number of hydrogen-bond acceptors (Lipinski definition) is 4. The summed E-state index contributed by atoms with van der Waals surface area (Å²) in [6, 6.07) is 11.4. The van der Waals surface area contributed by atoms with Crippen LogP contribution in [-0.4, -0.2) is 23.2 Å². The Morgan fingerprint density at radius 3 is 2.50 bits per heavy atom. The second-order valence-electron chi connectivity index (χ2n) is 4.22. The van der Waals surface area contributed by atoms with Crippen LogP contribution in [0.4, 0.5) is 11.4 Å². The van der Waals surface area contributed by atoms with Crippen LogP contribution < -0.4 is 11.3 Å². The second-order valence-corrected chi connectivity index (χ2v) is 6.29. The van der Waals surface area contributed by atoms with Crippen LogP contribution in [0.3, 0.4) is 0 Å². The minimum absolute atomic E-state index is 0.0116. The maximum absolute atomic E-state index is 12.3. The van der Waals surface area contributed by atoms with Crippen molar-refractivity contribution in [1.82, 2.24) is 3.56 Å². The second kappa shape index (κ2) is 4.63. The third kappa shape index (κ3) is 2.03. The molecule has 0 fully saturated rings. The molecule has 0 unspecified atom stereocenters. The molecule has 3 rings (SSSR count). The number of nitro groups is 1. The molecular formula is C13H9N3O3Se. The first-order valence-corrected chi connectivity index (χ1v) is 7.35. The molecule has 100 valence electrons. The Kier molecular flexibility index (Phi) is 2.93. The number of nitrogens with zero attached hydrogens (tertiary/aromatic N) is 2. The van der Waals surface area contributed by atoms with Crippen LogP contribution in [0.2, 0.25) is 0 Å². The Balaban J connectivity index is 2.22. The van der Waals surface area contributed by atoms with E-state index < -0.39 is 4.92 Å². The van der Waals surface area contributed by atoms with Gasteiger partial charge >= 0.3 is 119 Å². The van der Waals surface area contributed by atoms with Gasteiger partial charge in [-0.1, -0.05) is 0 Å². The van der Waals surface area contributed by atoms with E-state index in [1.54, 1.807) is 27.8 Å². The van der Waals surface area contributed by atoms with E-state index >= 15 is 0 Å². The Bertz CT molecular complexity index is 865. The Labute approximate surface area is 119 Å². The van der Waals surface area contributed by atoms with Gasteiger partial charge in [-0.3, -0.25) is 0 Å². The number of hydrogen-bond donors (Lipinski definition) is 1. The van der Waals surface area contributed by atoms with E-state index in [4.69, 9.17) is 5.73 Å². The van der Waals surface area contributed by atoms with Gasteiger partial charge in [-0.25, -0.2) is 0 Å². The molecule has 0 aliphatic heterocycles. The maximum atomic E-state index is 12.3. The molecule has 0 saturated carbocycles. The van der Waals surface area contributed by atoms with Gasteiger partial charge in [0, 0.05) is 0 Å². The van der Waals surface area contributed by atoms with E-state index in [1.807, 2.05) is 0 Å². The van der Waals surface area contributed by atoms with Crippen LogP contribution in [0.25, 0.3) is 15.3 Å². The molecule has 0 aliphatic rings. The molecular weight excluding hydrogens is 325 g/mol. The zero-order chi connectivity index (χ0) is 14.3. The summed E-state index contributed by atoms with van der Waals surface area (Å²) in [6.45, 7) is 0. The van der Waals surface area contributed by atoms with E-state index in [-0.39, 0.29) is 26.0 Å². The van der Waals surface area contributed by atoms with Crippen molar-refractivity contribution in [3.8, 4) is 5.69 Å². The summed E-state index contributed by atoms with van der Waals surface area (Å²) < 4.78 is 2.37. The first-order chi connectivity index (χ1) is 9.56. The van der Waals surface area contributed by atoms with Crippen molar-refractivity contribution >= 4 is 35.8 Å². The van der Waals surface area contributed by atoms with Gasteiger partial charge in [-0.05, 0) is 0 Å². The molecule has 1 aromatic heterocycles. The monoisotopic (exact) mass is 335 g/mol. The number of nitro benzene ring substituents is 1. The van der Waals surface area contributed by atoms with Crippen LogP contribution in [-0.2, 0) is 0 Å². The van der Waals surface area contributed by atoms with Crippen LogP contribution in [0.15, 0.2) is 47.3 Å². The predicted octanol–water partition coefficient (Wildman–Crippen LogP) is 1.54. The molecule has 7 heteroatoms. The fourth-order valence-electron chi connectivity index (χ4n) is 1.91. The third-order valence-electron chi connectivity index (χ3n) is 2.91. The summed E-state index contributed by atoms with van der Waals surface area (Å²) >= 11 is -0.297. The zero-order valence-electron chi connectivity index (χ0n) is 10.1. The third-order valence-corrected chi connectivity index (χ3v) is 5.20. The first-order valence-electron chi connectivity index (χ1n) is 5.72. The standard InChI is InChI=1S/C13H9N3O3Se/c14-8-1-3-9(4-2-8)15-13(17)11-6-5-10(16(18)19)7-12(11)20-15/h1-7H,14H2. The minimum atomic E-state index is -0.452. The normalized spacial score (nSPS) is 10.8. The fourth-order valence-corrected chi connectivity index (χ4v) is 4.07. The number of benzene rings is 2. The summed E-state index contributed by atoms with van der Waals surface area (Å²) in [4.78, 5) is 22.6. The first kappa shape index (κ1) is 12.7. The predicted molar refractivity (Wildman–Crippen MR) is 77.6 cm³/mol. The number of fused-ring (bicyclic) bond motifs is 1. The molecule has 20 heavy (non-hydrogen) atoms. The van der Waals surface area contributed by atoms with Crippen LogP contribution >= 0.6 is 0 Å². The Morgan fingerprint density at radius 2 is 1.85 bits per heavy atom. The molecule has 3 aromatic rings. The summed E-state index contributed by atoms with van der Waals surface area (Å²) in [6.07, 6.45) is 0. The molecule has 0 spiro atoms. The molecule has 0 aliphatic carbocycles. The van der Waals surface area contributed by atoms with Gasteiger partial charge < -0.3 is 0 Å². The van der Waals surface area contributed by atoms with E-state index in [0.717, 1.165) is 9.95 Å². The van der Waals surface area contributed by atoms with Crippen molar-refractivity contribution in [1.29, 1.82) is 0 Å². The molecule has 0 atom stereocenters. The topological polar surface area (TPSA) is 91.2 Å². The van der Waals surface area contributed by atoms with E-state index in [1.165, 1.54) is 18.2 Å². The summed E-state index contributed by atoms with van der Waals surface area (Å²) in [5.74, 6) is 0. The van der Waals surface area contributed by atoms with Crippen LogP contribution in [0, 0.1) is 10.1 Å². The molecule has 0 radical (unpaired) electrons. The van der Waals surface area contributed by atoms with Crippen molar-refractivity contribution in [3.63, 3.8) is 0 Å². The quantitative estimate of drug-likeness (QED) is 0.333. The number of rotatable bonds is 2. The van der Waals surface area contributed by atoms with Gasteiger partial charge in [0.25, 0.3) is 0 Å². The summed E-state index contributed by atoms with van der Waals surface area (Å²) in [5, 5.41) is 11.3. The van der Waals surface area contributed by atoms with Gasteiger partial charge in [0.2, 0.25) is 0 Å². The van der Waals surface area contributed by atoms with Crippen molar-refractivity contribution in [2.45, 2.75) is 0 Å². The fraction of sp³-hybridized carbons (Fsp3) is 0. The summed E-state index contributed by atoms with van der Waals surface area (Å²) in [7, 11) is 0.